The minimum absolute atomic E-state index is 0.238. The van der Waals surface area contributed by atoms with Crippen LogP contribution in [0.3, 0.4) is 0 Å². The summed E-state index contributed by atoms with van der Waals surface area (Å²) in [6.45, 7) is 13.2. The molecule has 2 atom stereocenters. The molecule has 2 rings (SSSR count). The van der Waals surface area contributed by atoms with Gasteiger partial charge in [-0.25, -0.2) is 0 Å². The molecule has 1 fully saturated rings. The third kappa shape index (κ3) is 3.82. The Kier molecular flexibility index (Phi) is 4.34. The molecule has 0 radical (unpaired) electrons. The van der Waals surface area contributed by atoms with E-state index in [0.717, 1.165) is 30.6 Å². The van der Waals surface area contributed by atoms with Gasteiger partial charge in [0.05, 0.1) is 5.69 Å². The molecular weight excluding hydrogens is 234 g/mol. The number of hydrogen-bond acceptors (Lipinski definition) is 2. The SMILES string of the molecule is CCn1nc(C)cc1CC1CCC1CNC(C)(C)C. The predicted octanol–water partition coefficient (Wildman–Crippen LogP) is 3.17. The van der Waals surface area contributed by atoms with Gasteiger partial charge in [-0.3, -0.25) is 4.68 Å². The van der Waals surface area contributed by atoms with Crippen LogP contribution >= 0.6 is 0 Å². The van der Waals surface area contributed by atoms with E-state index in [-0.39, 0.29) is 5.54 Å². The van der Waals surface area contributed by atoms with Crippen LogP contribution in [0.1, 0.15) is 51.9 Å². The summed E-state index contributed by atoms with van der Waals surface area (Å²) in [5.41, 5.74) is 2.81. The smallest absolute Gasteiger partial charge is 0.0596 e. The van der Waals surface area contributed by atoms with Crippen molar-refractivity contribution in [1.29, 1.82) is 0 Å². The Labute approximate surface area is 117 Å². The fourth-order valence-corrected chi connectivity index (χ4v) is 2.92. The number of rotatable bonds is 5. The first-order valence-electron chi connectivity index (χ1n) is 7.67. The lowest BCUT2D eigenvalue weighted by Gasteiger charge is -2.38. The molecule has 1 aromatic heterocycles. The summed E-state index contributed by atoms with van der Waals surface area (Å²) in [5, 5.41) is 8.20. The van der Waals surface area contributed by atoms with E-state index in [1.807, 2.05) is 0 Å². The van der Waals surface area contributed by atoms with Crippen LogP contribution in [0.5, 0.6) is 0 Å². The van der Waals surface area contributed by atoms with Crippen molar-refractivity contribution in [2.24, 2.45) is 11.8 Å². The summed E-state index contributed by atoms with van der Waals surface area (Å²) >= 11 is 0. The van der Waals surface area contributed by atoms with Gasteiger partial charge in [0.2, 0.25) is 0 Å². The van der Waals surface area contributed by atoms with Gasteiger partial charge in [0.1, 0.15) is 0 Å². The lowest BCUT2D eigenvalue weighted by atomic mass is 9.71. The van der Waals surface area contributed by atoms with Crippen LogP contribution in [0.4, 0.5) is 0 Å². The number of aryl methyl sites for hydroxylation is 2. The Bertz CT molecular complexity index is 414. The van der Waals surface area contributed by atoms with Crippen LogP contribution in [0.2, 0.25) is 0 Å². The highest BCUT2D eigenvalue weighted by Crippen LogP contribution is 2.36. The van der Waals surface area contributed by atoms with Gasteiger partial charge in [-0.05, 0) is 78.3 Å². The van der Waals surface area contributed by atoms with Crippen molar-refractivity contribution in [3.05, 3.63) is 17.5 Å². The second-order valence-corrected chi connectivity index (χ2v) is 7.03. The third-order valence-corrected chi connectivity index (χ3v) is 4.23. The van der Waals surface area contributed by atoms with E-state index >= 15 is 0 Å². The molecule has 2 unspecified atom stereocenters. The molecule has 0 spiro atoms. The van der Waals surface area contributed by atoms with Crippen LogP contribution in [-0.4, -0.2) is 21.9 Å². The number of aromatic nitrogens is 2. The zero-order chi connectivity index (χ0) is 14.0. The summed E-state index contributed by atoms with van der Waals surface area (Å²) in [6.07, 6.45) is 3.96. The Morgan fingerprint density at radius 3 is 2.53 bits per heavy atom. The molecule has 1 aliphatic carbocycles. The Hall–Kier alpha value is -0.830. The fourth-order valence-electron chi connectivity index (χ4n) is 2.92. The van der Waals surface area contributed by atoms with E-state index in [1.54, 1.807) is 0 Å². The monoisotopic (exact) mass is 263 g/mol. The standard InChI is InChI=1S/C16H29N3/c1-6-19-15(9-12(2)18-19)10-13-7-8-14(13)11-17-16(3,4)5/h9,13-14,17H,6-8,10-11H2,1-5H3. The van der Waals surface area contributed by atoms with Gasteiger partial charge in [-0.15, -0.1) is 0 Å². The summed E-state index contributed by atoms with van der Waals surface area (Å²) in [5.74, 6) is 1.69. The fraction of sp³-hybridized carbons (Fsp3) is 0.812. The molecule has 1 heterocycles. The molecule has 1 N–H and O–H groups in total. The largest absolute Gasteiger partial charge is 0.312 e. The van der Waals surface area contributed by atoms with Gasteiger partial charge in [-0.2, -0.15) is 5.10 Å². The van der Waals surface area contributed by atoms with Crippen molar-refractivity contribution in [2.45, 2.75) is 66.0 Å². The quantitative estimate of drug-likeness (QED) is 0.884. The number of hydrogen-bond donors (Lipinski definition) is 1. The Balaban J connectivity index is 1.89. The van der Waals surface area contributed by atoms with Crippen molar-refractivity contribution >= 4 is 0 Å². The molecule has 3 nitrogen and oxygen atoms in total. The maximum atomic E-state index is 4.55. The van der Waals surface area contributed by atoms with Crippen LogP contribution in [0.15, 0.2) is 6.07 Å². The minimum Gasteiger partial charge on any atom is -0.312 e. The molecule has 108 valence electrons. The highest BCUT2D eigenvalue weighted by atomic mass is 15.3. The summed E-state index contributed by atoms with van der Waals surface area (Å²) in [4.78, 5) is 0. The maximum absolute atomic E-state index is 4.55. The first kappa shape index (κ1) is 14.6. The third-order valence-electron chi connectivity index (χ3n) is 4.23. The molecule has 0 aromatic carbocycles. The van der Waals surface area contributed by atoms with Crippen LogP contribution in [-0.2, 0) is 13.0 Å². The normalized spacial score (nSPS) is 23.4. The molecule has 0 bridgehead atoms. The van der Waals surface area contributed by atoms with E-state index in [2.05, 4.69) is 55.8 Å². The zero-order valence-electron chi connectivity index (χ0n) is 13.2. The van der Waals surface area contributed by atoms with E-state index in [9.17, 15) is 0 Å². The maximum Gasteiger partial charge on any atom is 0.0596 e. The molecular formula is C16H29N3. The Morgan fingerprint density at radius 2 is 2.00 bits per heavy atom. The minimum atomic E-state index is 0.238. The Morgan fingerprint density at radius 1 is 1.32 bits per heavy atom. The van der Waals surface area contributed by atoms with E-state index < -0.39 is 0 Å². The van der Waals surface area contributed by atoms with Crippen molar-refractivity contribution in [1.82, 2.24) is 15.1 Å². The van der Waals surface area contributed by atoms with Gasteiger partial charge in [0.15, 0.2) is 0 Å². The lowest BCUT2D eigenvalue weighted by Crippen LogP contribution is -2.44. The molecule has 1 aliphatic rings. The van der Waals surface area contributed by atoms with Crippen molar-refractivity contribution in [3.8, 4) is 0 Å². The van der Waals surface area contributed by atoms with Gasteiger partial charge >= 0.3 is 0 Å². The second kappa shape index (κ2) is 5.66. The van der Waals surface area contributed by atoms with Crippen LogP contribution < -0.4 is 5.32 Å². The van der Waals surface area contributed by atoms with Gasteiger partial charge < -0.3 is 5.32 Å². The second-order valence-electron chi connectivity index (χ2n) is 7.03. The molecule has 0 amide bonds. The summed E-state index contributed by atoms with van der Waals surface area (Å²) < 4.78 is 2.17. The highest BCUT2D eigenvalue weighted by molar-refractivity contribution is 5.11. The van der Waals surface area contributed by atoms with Crippen LogP contribution in [0.25, 0.3) is 0 Å². The summed E-state index contributed by atoms with van der Waals surface area (Å²) in [7, 11) is 0. The predicted molar refractivity (Wildman–Crippen MR) is 80.3 cm³/mol. The summed E-state index contributed by atoms with van der Waals surface area (Å²) in [6, 6.07) is 2.26. The highest BCUT2D eigenvalue weighted by Gasteiger charge is 2.32. The molecule has 0 aliphatic heterocycles. The van der Waals surface area contributed by atoms with E-state index in [0.29, 0.717) is 0 Å². The molecule has 3 heteroatoms. The first-order valence-corrected chi connectivity index (χ1v) is 7.67. The average Bonchev–Trinajstić information content (AvgIpc) is 2.63. The van der Waals surface area contributed by atoms with Gasteiger partial charge in [-0.1, -0.05) is 0 Å². The van der Waals surface area contributed by atoms with Gasteiger partial charge in [0.25, 0.3) is 0 Å². The number of nitrogens with zero attached hydrogens (tertiary/aromatic N) is 2. The molecule has 19 heavy (non-hydrogen) atoms. The van der Waals surface area contributed by atoms with E-state index in [4.69, 9.17) is 0 Å². The lowest BCUT2D eigenvalue weighted by molar-refractivity contribution is 0.157. The van der Waals surface area contributed by atoms with Crippen molar-refractivity contribution < 1.29 is 0 Å². The average molecular weight is 263 g/mol. The van der Waals surface area contributed by atoms with E-state index in [1.165, 1.54) is 25.0 Å². The van der Waals surface area contributed by atoms with Crippen LogP contribution in [0, 0.1) is 18.8 Å². The zero-order valence-corrected chi connectivity index (χ0v) is 13.2. The van der Waals surface area contributed by atoms with Crippen molar-refractivity contribution in [2.75, 3.05) is 6.54 Å². The van der Waals surface area contributed by atoms with Crippen molar-refractivity contribution in [3.63, 3.8) is 0 Å². The first-order chi connectivity index (χ1) is 8.89. The topological polar surface area (TPSA) is 29.9 Å². The van der Waals surface area contributed by atoms with Gasteiger partial charge in [0, 0.05) is 17.8 Å². The number of nitrogens with one attached hydrogen (secondary N) is 1. The molecule has 1 aromatic rings. The molecule has 0 saturated heterocycles. The molecule has 1 saturated carbocycles.